The molecule has 0 aromatic heterocycles. The van der Waals surface area contributed by atoms with Crippen LogP contribution in [0.2, 0.25) is 0 Å². The van der Waals surface area contributed by atoms with Gasteiger partial charge in [-0.25, -0.2) is 4.79 Å². The van der Waals surface area contributed by atoms with Gasteiger partial charge in [-0.3, -0.25) is 4.79 Å². The first kappa shape index (κ1) is 13.7. The van der Waals surface area contributed by atoms with E-state index in [-0.39, 0.29) is 5.91 Å². The molecule has 4 nitrogen and oxygen atoms in total. The van der Waals surface area contributed by atoms with E-state index in [0.29, 0.717) is 13.2 Å². The topological polar surface area (TPSA) is 55.4 Å². The van der Waals surface area contributed by atoms with Crippen molar-refractivity contribution in [1.82, 2.24) is 5.32 Å². The second kappa shape index (κ2) is 9.24. The van der Waals surface area contributed by atoms with Gasteiger partial charge in [0, 0.05) is 18.7 Å². The molecule has 86 valence electrons. The van der Waals surface area contributed by atoms with Crippen molar-refractivity contribution in [2.24, 2.45) is 0 Å². The number of amides is 1. The van der Waals surface area contributed by atoms with Crippen LogP contribution in [0.1, 0.15) is 33.1 Å². The Morgan fingerprint density at radius 3 is 2.53 bits per heavy atom. The number of esters is 1. The molecule has 0 radical (unpaired) electrons. The summed E-state index contributed by atoms with van der Waals surface area (Å²) in [6.07, 6.45) is 5.11. The number of rotatable bonds is 7. The molecule has 0 atom stereocenters. The molecule has 0 heterocycles. The van der Waals surface area contributed by atoms with Gasteiger partial charge >= 0.3 is 5.97 Å². The average molecular weight is 213 g/mol. The fourth-order valence-electron chi connectivity index (χ4n) is 0.842. The predicted molar refractivity (Wildman–Crippen MR) is 58.3 cm³/mol. The number of carbonyl (C=O) groups is 2. The number of hydrogen-bond acceptors (Lipinski definition) is 3. The zero-order valence-electron chi connectivity index (χ0n) is 9.41. The van der Waals surface area contributed by atoms with Crippen molar-refractivity contribution in [3.05, 3.63) is 12.2 Å². The monoisotopic (exact) mass is 213 g/mol. The molecular weight excluding hydrogens is 194 g/mol. The maximum Gasteiger partial charge on any atom is 0.330 e. The molecule has 0 aliphatic heterocycles. The molecule has 1 N–H and O–H groups in total. The Kier molecular flexibility index (Phi) is 8.43. The zero-order chi connectivity index (χ0) is 11.5. The highest BCUT2D eigenvalue weighted by atomic mass is 16.5. The van der Waals surface area contributed by atoms with Crippen molar-refractivity contribution < 1.29 is 14.3 Å². The van der Waals surface area contributed by atoms with E-state index in [1.165, 1.54) is 6.08 Å². The first-order valence-electron chi connectivity index (χ1n) is 5.33. The van der Waals surface area contributed by atoms with Gasteiger partial charge in [-0.05, 0) is 12.8 Å². The van der Waals surface area contributed by atoms with E-state index in [9.17, 15) is 9.59 Å². The fourth-order valence-corrected chi connectivity index (χ4v) is 0.842. The van der Waals surface area contributed by atoms with Crippen LogP contribution < -0.4 is 5.32 Å². The van der Waals surface area contributed by atoms with Crippen LogP contribution in [0.3, 0.4) is 0 Å². The molecule has 4 heteroatoms. The second-order valence-corrected chi connectivity index (χ2v) is 3.15. The third kappa shape index (κ3) is 9.00. The van der Waals surface area contributed by atoms with Crippen LogP contribution in [0, 0.1) is 0 Å². The highest BCUT2D eigenvalue weighted by Crippen LogP contribution is 1.86. The van der Waals surface area contributed by atoms with Crippen LogP contribution in [-0.2, 0) is 14.3 Å². The number of hydrogen-bond donors (Lipinski definition) is 1. The van der Waals surface area contributed by atoms with Crippen molar-refractivity contribution >= 4 is 11.9 Å². The van der Waals surface area contributed by atoms with Gasteiger partial charge in [0.15, 0.2) is 0 Å². The van der Waals surface area contributed by atoms with E-state index in [0.717, 1.165) is 25.3 Å². The Hall–Kier alpha value is -1.32. The average Bonchev–Trinajstić information content (AvgIpc) is 2.24. The molecule has 0 aliphatic rings. The molecule has 0 aliphatic carbocycles. The number of carbonyl (C=O) groups excluding carboxylic acids is 2. The summed E-state index contributed by atoms with van der Waals surface area (Å²) in [5.74, 6) is -0.723. The predicted octanol–water partition coefficient (Wildman–Crippen LogP) is 1.41. The van der Waals surface area contributed by atoms with Gasteiger partial charge in [-0.15, -0.1) is 0 Å². The van der Waals surface area contributed by atoms with E-state index < -0.39 is 5.97 Å². The first-order valence-corrected chi connectivity index (χ1v) is 5.33. The van der Waals surface area contributed by atoms with Gasteiger partial charge < -0.3 is 10.1 Å². The molecule has 0 bridgehead atoms. The Bertz CT molecular complexity index is 224. The van der Waals surface area contributed by atoms with Crippen LogP contribution in [0.4, 0.5) is 0 Å². The lowest BCUT2D eigenvalue weighted by Crippen LogP contribution is -2.22. The van der Waals surface area contributed by atoms with Crippen LogP contribution in [0.25, 0.3) is 0 Å². The first-order chi connectivity index (χ1) is 7.20. The largest absolute Gasteiger partial charge is 0.463 e. The molecule has 1 amide bonds. The second-order valence-electron chi connectivity index (χ2n) is 3.15. The van der Waals surface area contributed by atoms with Gasteiger partial charge in [-0.2, -0.15) is 0 Å². The standard InChI is InChI=1S/C11H19NO3/c1-3-5-8-12-10(13)6-7-11(14)15-9-4-2/h6-7H,3-5,8-9H2,1-2H3,(H,12,13)/b7-6-. The fraction of sp³-hybridized carbons (Fsp3) is 0.636. The Balaban J connectivity index is 3.65. The molecule has 0 rings (SSSR count). The summed E-state index contributed by atoms with van der Waals surface area (Å²) in [7, 11) is 0. The van der Waals surface area contributed by atoms with E-state index in [4.69, 9.17) is 4.74 Å². The minimum atomic E-state index is -0.470. The minimum Gasteiger partial charge on any atom is -0.463 e. The summed E-state index contributed by atoms with van der Waals surface area (Å²) in [5, 5.41) is 2.66. The van der Waals surface area contributed by atoms with Gasteiger partial charge in [0.2, 0.25) is 5.91 Å². The summed E-state index contributed by atoms with van der Waals surface area (Å²) in [6.45, 7) is 4.99. The molecule has 0 aromatic carbocycles. The molecule has 0 saturated carbocycles. The molecule has 0 aromatic rings. The molecule has 0 fully saturated rings. The lowest BCUT2D eigenvalue weighted by atomic mass is 10.3. The number of unbranched alkanes of at least 4 members (excludes halogenated alkanes) is 1. The maximum absolute atomic E-state index is 11.1. The molecule has 0 spiro atoms. The molecule has 0 saturated heterocycles. The van der Waals surface area contributed by atoms with E-state index in [1.54, 1.807) is 0 Å². The normalized spacial score (nSPS) is 10.3. The van der Waals surface area contributed by atoms with Crippen molar-refractivity contribution in [2.75, 3.05) is 13.2 Å². The third-order valence-corrected chi connectivity index (χ3v) is 1.65. The highest BCUT2D eigenvalue weighted by Gasteiger charge is 1.98. The molecule has 15 heavy (non-hydrogen) atoms. The van der Waals surface area contributed by atoms with E-state index in [2.05, 4.69) is 5.32 Å². The smallest absolute Gasteiger partial charge is 0.330 e. The third-order valence-electron chi connectivity index (χ3n) is 1.65. The Morgan fingerprint density at radius 2 is 1.93 bits per heavy atom. The summed E-state index contributed by atoms with van der Waals surface area (Å²) >= 11 is 0. The van der Waals surface area contributed by atoms with Crippen LogP contribution in [-0.4, -0.2) is 25.0 Å². The maximum atomic E-state index is 11.1. The lowest BCUT2D eigenvalue weighted by Gasteiger charge is -1.99. The van der Waals surface area contributed by atoms with E-state index in [1.807, 2.05) is 13.8 Å². The SMILES string of the molecule is CCCCNC(=O)/C=C\C(=O)OCCC. The van der Waals surface area contributed by atoms with Gasteiger partial charge in [0.05, 0.1) is 6.61 Å². The van der Waals surface area contributed by atoms with Crippen molar-refractivity contribution in [3.8, 4) is 0 Å². The quantitative estimate of drug-likeness (QED) is 0.395. The summed E-state index contributed by atoms with van der Waals surface area (Å²) in [5.41, 5.74) is 0. The van der Waals surface area contributed by atoms with Gasteiger partial charge in [0.25, 0.3) is 0 Å². The molecular formula is C11H19NO3. The van der Waals surface area contributed by atoms with Crippen LogP contribution in [0.5, 0.6) is 0 Å². The summed E-state index contributed by atoms with van der Waals surface area (Å²) in [6, 6.07) is 0. The summed E-state index contributed by atoms with van der Waals surface area (Å²) < 4.78 is 4.76. The van der Waals surface area contributed by atoms with Gasteiger partial charge in [-0.1, -0.05) is 20.3 Å². The Morgan fingerprint density at radius 1 is 1.20 bits per heavy atom. The van der Waals surface area contributed by atoms with Gasteiger partial charge in [0.1, 0.15) is 0 Å². The van der Waals surface area contributed by atoms with Crippen LogP contribution >= 0.6 is 0 Å². The zero-order valence-corrected chi connectivity index (χ0v) is 9.41. The number of nitrogens with one attached hydrogen (secondary N) is 1. The highest BCUT2D eigenvalue weighted by molar-refractivity contribution is 5.94. The van der Waals surface area contributed by atoms with Crippen molar-refractivity contribution in [1.29, 1.82) is 0 Å². The lowest BCUT2D eigenvalue weighted by molar-refractivity contribution is -0.138. The summed E-state index contributed by atoms with van der Waals surface area (Å²) in [4.78, 5) is 22.0. The Labute approximate surface area is 90.7 Å². The van der Waals surface area contributed by atoms with E-state index >= 15 is 0 Å². The van der Waals surface area contributed by atoms with Crippen molar-refractivity contribution in [2.45, 2.75) is 33.1 Å². The molecule has 0 unspecified atom stereocenters. The van der Waals surface area contributed by atoms with Crippen molar-refractivity contribution in [3.63, 3.8) is 0 Å². The minimum absolute atomic E-state index is 0.253. The number of ether oxygens (including phenoxy) is 1. The van der Waals surface area contributed by atoms with Crippen LogP contribution in [0.15, 0.2) is 12.2 Å².